The average Bonchev–Trinajstić information content (AvgIpc) is 2.72. The zero-order valence-corrected chi connectivity index (χ0v) is 22.1. The number of hydrogen-bond acceptors (Lipinski definition) is 12. The lowest BCUT2D eigenvalue weighted by Crippen LogP contribution is -2.43. The summed E-state index contributed by atoms with van der Waals surface area (Å²) >= 11 is 0. The Morgan fingerprint density at radius 2 is 0.381 bits per heavy atom. The third-order valence-electron chi connectivity index (χ3n) is 4.34. The van der Waals surface area contributed by atoms with Gasteiger partial charge in [0.1, 0.15) is 0 Å². The van der Waals surface area contributed by atoms with Crippen molar-refractivity contribution in [2.75, 3.05) is 78.5 Å². The third kappa shape index (κ3) is 30.1. The van der Waals surface area contributed by atoms with Crippen LogP contribution in [0.5, 0.6) is 0 Å². The number of carbonyl (C=O) groups is 8. The molecule has 0 aliphatic heterocycles. The first kappa shape index (κ1) is 44.5. The maximum absolute atomic E-state index is 10.6. The Balaban J connectivity index is -0.000000328. The van der Waals surface area contributed by atoms with Gasteiger partial charge in [-0.05, 0) is 0 Å². The van der Waals surface area contributed by atoms with E-state index in [1.807, 2.05) is 0 Å². The number of rotatable bonds is 22. The van der Waals surface area contributed by atoms with E-state index in [1.54, 1.807) is 0 Å². The van der Waals surface area contributed by atoms with Gasteiger partial charge < -0.3 is 51.8 Å². The van der Waals surface area contributed by atoms with Crippen molar-refractivity contribution in [3.63, 3.8) is 0 Å². The molecule has 0 aromatic rings. The summed E-state index contributed by atoms with van der Waals surface area (Å²) in [5, 5.41) is 68.9. The second kappa shape index (κ2) is 24.3. The van der Waals surface area contributed by atoms with Crippen molar-refractivity contribution >= 4 is 47.8 Å². The minimum atomic E-state index is -1.23. The fourth-order valence-corrected chi connectivity index (χ4v) is 2.95. The summed E-state index contributed by atoms with van der Waals surface area (Å²) in [5.74, 6) is -9.82. The van der Waals surface area contributed by atoms with Crippen LogP contribution in [0.1, 0.15) is 0 Å². The molecule has 0 spiro atoms. The maximum Gasteiger partial charge on any atom is 0.317 e. The highest BCUT2D eigenvalue weighted by Crippen LogP contribution is 1.95. The van der Waals surface area contributed by atoms with E-state index in [0.29, 0.717) is 0 Å². The van der Waals surface area contributed by atoms with Crippen LogP contribution in [0, 0.1) is 0 Å². The van der Waals surface area contributed by atoms with Crippen LogP contribution < -0.4 is 0 Å². The standard InChI is InChI=1S/2C10H16N2O8.2H2O/c2*13-7(14)3-11(4-8(15)16)1-2-12(5-9(17)18)6-10(19)20;;/h2*1-6H2,(H,13,14)(H,15,16)(H,17,18)(H,19,20);2*1H2. The smallest absolute Gasteiger partial charge is 0.317 e. The van der Waals surface area contributed by atoms with Crippen LogP contribution in [-0.4, -0.2) is 198 Å². The van der Waals surface area contributed by atoms with E-state index >= 15 is 0 Å². The number of hydrogen-bond donors (Lipinski definition) is 8. The molecule has 0 aromatic heterocycles. The van der Waals surface area contributed by atoms with E-state index in [4.69, 9.17) is 40.9 Å². The van der Waals surface area contributed by atoms with Crippen LogP contribution in [0.15, 0.2) is 0 Å². The molecule has 42 heavy (non-hydrogen) atoms. The lowest BCUT2D eigenvalue weighted by atomic mass is 10.4. The predicted molar refractivity (Wildman–Crippen MR) is 134 cm³/mol. The van der Waals surface area contributed by atoms with Gasteiger partial charge in [-0.3, -0.25) is 58.0 Å². The van der Waals surface area contributed by atoms with Gasteiger partial charge in [-0.2, -0.15) is 0 Å². The van der Waals surface area contributed by atoms with Crippen molar-refractivity contribution in [1.29, 1.82) is 0 Å². The van der Waals surface area contributed by atoms with Crippen molar-refractivity contribution in [2.45, 2.75) is 0 Å². The molecule has 22 nitrogen and oxygen atoms in total. The normalized spacial score (nSPS) is 10.2. The summed E-state index contributed by atoms with van der Waals surface area (Å²) in [4.78, 5) is 88.7. The average molecular weight is 621 g/mol. The lowest BCUT2D eigenvalue weighted by molar-refractivity contribution is -0.145. The Kier molecular flexibility index (Phi) is 25.8. The zero-order chi connectivity index (χ0) is 31.4. The molecule has 12 N–H and O–H groups in total. The van der Waals surface area contributed by atoms with Crippen LogP contribution in [-0.2, 0) is 38.4 Å². The van der Waals surface area contributed by atoms with Gasteiger partial charge in [0, 0.05) is 26.2 Å². The van der Waals surface area contributed by atoms with Gasteiger partial charge in [0.25, 0.3) is 0 Å². The van der Waals surface area contributed by atoms with Crippen molar-refractivity contribution in [2.24, 2.45) is 0 Å². The highest BCUT2D eigenvalue weighted by atomic mass is 16.4. The summed E-state index contributed by atoms with van der Waals surface area (Å²) < 4.78 is 0. The first-order valence-corrected chi connectivity index (χ1v) is 11.0. The predicted octanol–water partition coefficient (Wildman–Crippen LogP) is -5.79. The van der Waals surface area contributed by atoms with Crippen molar-refractivity contribution in [3.8, 4) is 0 Å². The van der Waals surface area contributed by atoms with Gasteiger partial charge in [0.2, 0.25) is 0 Å². The summed E-state index contributed by atoms with van der Waals surface area (Å²) in [6, 6.07) is 0. The zero-order valence-electron chi connectivity index (χ0n) is 22.1. The van der Waals surface area contributed by atoms with Gasteiger partial charge >= 0.3 is 47.8 Å². The second-order valence-electron chi connectivity index (χ2n) is 7.99. The molecule has 0 amide bonds. The maximum atomic E-state index is 10.6. The Morgan fingerprint density at radius 3 is 0.452 bits per heavy atom. The summed E-state index contributed by atoms with van der Waals surface area (Å²) in [6.07, 6.45) is 0. The third-order valence-corrected chi connectivity index (χ3v) is 4.34. The van der Waals surface area contributed by atoms with Crippen LogP contribution in [0.3, 0.4) is 0 Å². The fourth-order valence-electron chi connectivity index (χ4n) is 2.95. The first-order chi connectivity index (χ1) is 18.4. The van der Waals surface area contributed by atoms with E-state index in [1.165, 1.54) is 0 Å². The number of carboxylic acids is 8. The fraction of sp³-hybridized carbons (Fsp3) is 0.600. The van der Waals surface area contributed by atoms with Crippen molar-refractivity contribution in [3.05, 3.63) is 0 Å². The highest BCUT2D eigenvalue weighted by Gasteiger charge is 2.19. The largest absolute Gasteiger partial charge is 0.480 e. The second-order valence-corrected chi connectivity index (χ2v) is 7.99. The van der Waals surface area contributed by atoms with E-state index in [-0.39, 0.29) is 37.1 Å². The number of nitrogens with zero attached hydrogens (tertiary/aromatic N) is 4. The molecule has 0 aliphatic rings. The molecular weight excluding hydrogens is 584 g/mol. The Hall–Kier alpha value is -4.48. The van der Waals surface area contributed by atoms with Gasteiger partial charge in [0.05, 0.1) is 52.4 Å². The van der Waals surface area contributed by atoms with Crippen LogP contribution in [0.25, 0.3) is 0 Å². The topological polar surface area (TPSA) is 374 Å². The van der Waals surface area contributed by atoms with Crippen LogP contribution in [0.4, 0.5) is 0 Å². The van der Waals surface area contributed by atoms with Gasteiger partial charge in [-0.25, -0.2) is 0 Å². The number of carboxylic acid groups (broad SMARTS) is 8. The van der Waals surface area contributed by atoms with Gasteiger partial charge in [-0.1, -0.05) is 0 Å². The monoisotopic (exact) mass is 620 g/mol. The summed E-state index contributed by atoms with van der Waals surface area (Å²) in [6.45, 7) is -4.50. The molecule has 244 valence electrons. The molecule has 0 saturated heterocycles. The summed E-state index contributed by atoms with van der Waals surface area (Å²) in [5.41, 5.74) is 0. The van der Waals surface area contributed by atoms with E-state index in [2.05, 4.69) is 0 Å². The quantitative estimate of drug-likeness (QED) is 0.0558. The van der Waals surface area contributed by atoms with Gasteiger partial charge in [0.15, 0.2) is 0 Å². The SMILES string of the molecule is O.O.O=C(O)CN(CCN(CC(=O)O)CC(=O)O)CC(=O)O.O=C(O)CN(CCN(CC(=O)O)CC(=O)O)CC(=O)O. The lowest BCUT2D eigenvalue weighted by Gasteiger charge is -2.23. The molecule has 0 radical (unpaired) electrons. The highest BCUT2D eigenvalue weighted by molar-refractivity contribution is 5.74. The van der Waals surface area contributed by atoms with Crippen molar-refractivity contribution in [1.82, 2.24) is 19.6 Å². The molecule has 0 saturated carbocycles. The molecule has 0 rings (SSSR count). The molecule has 22 heteroatoms. The first-order valence-electron chi connectivity index (χ1n) is 11.0. The van der Waals surface area contributed by atoms with E-state index < -0.39 is 100 Å². The van der Waals surface area contributed by atoms with E-state index in [9.17, 15) is 38.4 Å². The van der Waals surface area contributed by atoms with Crippen LogP contribution >= 0.6 is 0 Å². The Labute approximate surface area is 236 Å². The molecule has 0 aliphatic carbocycles. The van der Waals surface area contributed by atoms with E-state index in [0.717, 1.165) is 19.6 Å². The van der Waals surface area contributed by atoms with Crippen molar-refractivity contribution < 1.29 is 90.2 Å². The van der Waals surface area contributed by atoms with Crippen LogP contribution in [0.2, 0.25) is 0 Å². The molecular formula is C20H36N4O18. The Bertz CT molecular complexity index is 705. The molecule has 0 unspecified atom stereocenters. The Morgan fingerprint density at radius 1 is 0.286 bits per heavy atom. The molecule has 0 atom stereocenters. The minimum absolute atomic E-state index is 0. The molecule has 0 aromatic carbocycles. The molecule has 0 fully saturated rings. The van der Waals surface area contributed by atoms with Gasteiger partial charge in [-0.15, -0.1) is 0 Å². The number of aliphatic carboxylic acids is 8. The molecule has 0 bridgehead atoms. The molecule has 0 heterocycles. The minimum Gasteiger partial charge on any atom is -0.480 e. The summed E-state index contributed by atoms with van der Waals surface area (Å²) in [7, 11) is 0.